The van der Waals surface area contributed by atoms with Gasteiger partial charge in [-0.1, -0.05) is 26.7 Å². The van der Waals surface area contributed by atoms with E-state index >= 15 is 0 Å². The molecule has 0 spiro atoms. The smallest absolute Gasteiger partial charge is 0.248 e. The summed E-state index contributed by atoms with van der Waals surface area (Å²) in [5.41, 5.74) is 0. The molecule has 2 atom stereocenters. The zero-order valence-electron chi connectivity index (χ0n) is 10.6. The fraction of sp³-hybridized carbons (Fsp3) is 1.00. The molecule has 1 fully saturated rings. The second-order valence-corrected chi connectivity index (χ2v) is 5.24. The van der Waals surface area contributed by atoms with Crippen LogP contribution in [-0.2, 0) is 4.74 Å². The normalized spacial score (nSPS) is 23.8. The molecule has 0 aromatic heterocycles. The van der Waals surface area contributed by atoms with Crippen LogP contribution in [0.1, 0.15) is 46.0 Å². The molecule has 0 bridgehead atoms. The Morgan fingerprint density at radius 3 is 2.44 bits per heavy atom. The first-order valence-electron chi connectivity index (χ1n) is 6.37. The van der Waals surface area contributed by atoms with Crippen molar-refractivity contribution >= 4 is 0 Å². The Hall–Kier alpha value is -0.180. The van der Waals surface area contributed by atoms with Crippen LogP contribution < -0.4 is 0 Å². The van der Waals surface area contributed by atoms with E-state index in [-0.39, 0.29) is 18.8 Å². The largest absolute Gasteiger partial charge is 0.384 e. The lowest BCUT2D eigenvalue weighted by molar-refractivity contribution is -0.133. The highest BCUT2D eigenvalue weighted by molar-refractivity contribution is 4.90. The highest BCUT2D eigenvalue weighted by Crippen LogP contribution is 2.48. The SMILES string of the molecule is CCCC[C@@H](COC)C(C)C1CC(F)(F)C1. The van der Waals surface area contributed by atoms with E-state index in [1.165, 1.54) is 6.42 Å². The van der Waals surface area contributed by atoms with Crippen LogP contribution in [0.2, 0.25) is 0 Å². The molecule has 16 heavy (non-hydrogen) atoms. The van der Waals surface area contributed by atoms with Gasteiger partial charge in [0.15, 0.2) is 0 Å². The van der Waals surface area contributed by atoms with Crippen LogP contribution in [-0.4, -0.2) is 19.6 Å². The number of methoxy groups -OCH3 is 1. The zero-order valence-corrected chi connectivity index (χ0v) is 10.6. The molecule has 1 unspecified atom stereocenters. The molecule has 1 aliphatic rings. The molecule has 0 aromatic rings. The average molecular weight is 234 g/mol. The van der Waals surface area contributed by atoms with Crippen LogP contribution in [0, 0.1) is 17.8 Å². The van der Waals surface area contributed by atoms with Gasteiger partial charge < -0.3 is 4.74 Å². The monoisotopic (exact) mass is 234 g/mol. The van der Waals surface area contributed by atoms with Gasteiger partial charge in [0.2, 0.25) is 5.92 Å². The van der Waals surface area contributed by atoms with E-state index in [1.807, 2.05) is 0 Å². The van der Waals surface area contributed by atoms with Gasteiger partial charge in [0, 0.05) is 26.6 Å². The van der Waals surface area contributed by atoms with Crippen molar-refractivity contribution < 1.29 is 13.5 Å². The van der Waals surface area contributed by atoms with Crippen LogP contribution in [0.25, 0.3) is 0 Å². The predicted molar refractivity (Wildman–Crippen MR) is 61.7 cm³/mol. The Labute approximate surface area is 97.6 Å². The lowest BCUT2D eigenvalue weighted by Crippen LogP contribution is -2.41. The van der Waals surface area contributed by atoms with E-state index in [9.17, 15) is 8.78 Å². The molecule has 0 radical (unpaired) electrons. The lowest BCUT2D eigenvalue weighted by atomic mass is 9.68. The van der Waals surface area contributed by atoms with Crippen molar-refractivity contribution in [3.05, 3.63) is 0 Å². The van der Waals surface area contributed by atoms with E-state index in [1.54, 1.807) is 7.11 Å². The van der Waals surface area contributed by atoms with Crippen molar-refractivity contribution in [3.8, 4) is 0 Å². The molecule has 1 aliphatic carbocycles. The number of rotatable bonds is 7. The molecule has 1 rings (SSSR count). The van der Waals surface area contributed by atoms with Crippen molar-refractivity contribution in [2.75, 3.05) is 13.7 Å². The van der Waals surface area contributed by atoms with E-state index < -0.39 is 5.92 Å². The van der Waals surface area contributed by atoms with E-state index in [0.717, 1.165) is 12.8 Å². The second-order valence-electron chi connectivity index (χ2n) is 5.24. The Kier molecular flexibility index (Phi) is 5.16. The van der Waals surface area contributed by atoms with Crippen LogP contribution in [0.3, 0.4) is 0 Å². The summed E-state index contributed by atoms with van der Waals surface area (Å²) in [5, 5.41) is 0. The molecule has 0 saturated heterocycles. The number of hydrogen-bond donors (Lipinski definition) is 0. The minimum absolute atomic E-state index is 0.0838. The molecule has 0 amide bonds. The summed E-state index contributed by atoms with van der Waals surface area (Å²) in [6, 6.07) is 0. The minimum Gasteiger partial charge on any atom is -0.384 e. The van der Waals surface area contributed by atoms with E-state index in [4.69, 9.17) is 4.74 Å². The van der Waals surface area contributed by atoms with E-state index in [0.29, 0.717) is 18.4 Å². The molecular weight excluding hydrogens is 210 g/mol. The van der Waals surface area contributed by atoms with E-state index in [2.05, 4.69) is 13.8 Å². The fourth-order valence-electron chi connectivity index (χ4n) is 2.64. The highest BCUT2D eigenvalue weighted by Gasteiger charge is 2.48. The first-order valence-corrected chi connectivity index (χ1v) is 6.37. The molecule has 3 heteroatoms. The first-order chi connectivity index (χ1) is 7.50. The third-order valence-electron chi connectivity index (χ3n) is 3.92. The standard InChI is InChI=1S/C13H24F2O/c1-4-5-6-11(9-16-3)10(2)12-7-13(14,15)8-12/h10-12H,4-9H2,1-3H3/t10?,11-/m0/s1. The molecule has 0 aliphatic heterocycles. The lowest BCUT2D eigenvalue weighted by Gasteiger charge is -2.41. The third kappa shape index (κ3) is 3.69. The molecule has 0 aromatic carbocycles. The number of ether oxygens (including phenoxy) is 1. The van der Waals surface area contributed by atoms with Gasteiger partial charge in [-0.2, -0.15) is 0 Å². The Bertz CT molecular complexity index is 198. The Morgan fingerprint density at radius 2 is 2.00 bits per heavy atom. The molecule has 0 N–H and O–H groups in total. The van der Waals surface area contributed by atoms with Crippen LogP contribution in [0.15, 0.2) is 0 Å². The van der Waals surface area contributed by atoms with Crippen LogP contribution in [0.4, 0.5) is 8.78 Å². The summed E-state index contributed by atoms with van der Waals surface area (Å²) in [6.07, 6.45) is 3.60. The van der Waals surface area contributed by atoms with Gasteiger partial charge in [-0.25, -0.2) is 8.78 Å². The summed E-state index contributed by atoms with van der Waals surface area (Å²) in [4.78, 5) is 0. The molecule has 96 valence electrons. The van der Waals surface area contributed by atoms with Gasteiger partial charge in [0.1, 0.15) is 0 Å². The van der Waals surface area contributed by atoms with Gasteiger partial charge in [-0.05, 0) is 24.2 Å². The summed E-state index contributed by atoms with van der Waals surface area (Å²) in [6.45, 7) is 4.98. The average Bonchev–Trinajstić information content (AvgIpc) is 2.19. The van der Waals surface area contributed by atoms with Crippen molar-refractivity contribution in [3.63, 3.8) is 0 Å². The summed E-state index contributed by atoms with van der Waals surface area (Å²) in [5.74, 6) is -1.37. The van der Waals surface area contributed by atoms with Crippen LogP contribution in [0.5, 0.6) is 0 Å². The number of halogens is 2. The highest BCUT2D eigenvalue weighted by atomic mass is 19.3. The van der Waals surface area contributed by atoms with Gasteiger partial charge in [0.25, 0.3) is 0 Å². The van der Waals surface area contributed by atoms with Crippen molar-refractivity contribution in [1.82, 2.24) is 0 Å². The zero-order chi connectivity index (χ0) is 12.2. The van der Waals surface area contributed by atoms with Crippen molar-refractivity contribution in [2.24, 2.45) is 17.8 Å². The fourth-order valence-corrected chi connectivity index (χ4v) is 2.64. The predicted octanol–water partition coefficient (Wildman–Crippen LogP) is 4.12. The second kappa shape index (κ2) is 5.95. The topological polar surface area (TPSA) is 9.23 Å². The summed E-state index contributed by atoms with van der Waals surface area (Å²) >= 11 is 0. The molecular formula is C13H24F2O. The minimum atomic E-state index is -2.39. The van der Waals surface area contributed by atoms with Crippen molar-refractivity contribution in [2.45, 2.75) is 51.9 Å². The summed E-state index contributed by atoms with van der Waals surface area (Å²) in [7, 11) is 1.70. The maximum atomic E-state index is 12.8. The first kappa shape index (κ1) is 13.9. The van der Waals surface area contributed by atoms with Crippen LogP contribution >= 0.6 is 0 Å². The third-order valence-corrected chi connectivity index (χ3v) is 3.92. The Balaban J connectivity index is 2.38. The van der Waals surface area contributed by atoms with Gasteiger partial charge >= 0.3 is 0 Å². The number of unbranched alkanes of at least 4 members (excludes halogenated alkanes) is 1. The molecule has 1 saturated carbocycles. The Morgan fingerprint density at radius 1 is 1.38 bits per heavy atom. The molecule has 1 nitrogen and oxygen atoms in total. The number of hydrogen-bond acceptors (Lipinski definition) is 1. The number of alkyl halides is 2. The van der Waals surface area contributed by atoms with Crippen molar-refractivity contribution in [1.29, 1.82) is 0 Å². The quantitative estimate of drug-likeness (QED) is 0.644. The molecule has 0 heterocycles. The maximum absolute atomic E-state index is 12.8. The van der Waals surface area contributed by atoms with Gasteiger partial charge in [0.05, 0.1) is 0 Å². The van der Waals surface area contributed by atoms with Gasteiger partial charge in [-0.15, -0.1) is 0 Å². The summed E-state index contributed by atoms with van der Waals surface area (Å²) < 4.78 is 30.8. The van der Waals surface area contributed by atoms with Gasteiger partial charge in [-0.3, -0.25) is 0 Å². The maximum Gasteiger partial charge on any atom is 0.248 e.